The van der Waals surface area contributed by atoms with E-state index < -0.39 is 16.0 Å². The highest BCUT2D eigenvalue weighted by Gasteiger charge is 2.09. The summed E-state index contributed by atoms with van der Waals surface area (Å²) in [6.07, 6.45) is 0.627. The quantitative estimate of drug-likeness (QED) is 0.542. The molecule has 0 amide bonds. The van der Waals surface area contributed by atoms with Crippen LogP contribution in [0.4, 0.5) is 0 Å². The van der Waals surface area contributed by atoms with Crippen LogP contribution in [0.1, 0.15) is 26.2 Å². The molecule has 0 aromatic carbocycles. The summed E-state index contributed by atoms with van der Waals surface area (Å²) < 4.78 is 30.0. The van der Waals surface area contributed by atoms with E-state index >= 15 is 0 Å². The molecular weight excluding hydrogens is 234 g/mol. The lowest BCUT2D eigenvalue weighted by Crippen LogP contribution is -2.28. The lowest BCUT2D eigenvalue weighted by atomic mass is 10.3. The van der Waals surface area contributed by atoms with Gasteiger partial charge in [-0.15, -0.1) is 0 Å². The van der Waals surface area contributed by atoms with Crippen LogP contribution in [0.5, 0.6) is 0 Å². The summed E-state index contributed by atoms with van der Waals surface area (Å²) >= 11 is 0. The van der Waals surface area contributed by atoms with E-state index in [1.165, 1.54) is 0 Å². The van der Waals surface area contributed by atoms with Gasteiger partial charge in [0, 0.05) is 26.2 Å². The zero-order valence-electron chi connectivity index (χ0n) is 9.44. The summed E-state index contributed by atoms with van der Waals surface area (Å²) in [7, 11) is -3.33. The third-order valence-electron chi connectivity index (χ3n) is 1.80. The lowest BCUT2D eigenvalue weighted by Gasteiger charge is -2.05. The van der Waals surface area contributed by atoms with Gasteiger partial charge in [-0.1, -0.05) is 0 Å². The predicted octanol–water partition coefficient (Wildman–Crippen LogP) is 0.197. The molecule has 0 fully saturated rings. The maximum atomic E-state index is 11.3. The van der Waals surface area contributed by atoms with Crippen LogP contribution in [0.15, 0.2) is 0 Å². The van der Waals surface area contributed by atoms with Crippen LogP contribution in [0.2, 0.25) is 0 Å². The SMILES string of the molecule is CCOCCCNS(=O)(=O)CCCC(=O)O. The smallest absolute Gasteiger partial charge is 0.303 e. The maximum Gasteiger partial charge on any atom is 0.303 e. The maximum absolute atomic E-state index is 11.3. The van der Waals surface area contributed by atoms with Gasteiger partial charge in [0.25, 0.3) is 0 Å². The van der Waals surface area contributed by atoms with Crippen LogP contribution in [-0.2, 0) is 19.6 Å². The average molecular weight is 253 g/mol. The summed E-state index contributed by atoms with van der Waals surface area (Å²) in [6.45, 7) is 3.34. The molecule has 6 nitrogen and oxygen atoms in total. The minimum absolute atomic E-state index is 0.125. The molecule has 0 saturated heterocycles. The van der Waals surface area contributed by atoms with Crippen molar-refractivity contribution in [1.29, 1.82) is 0 Å². The first kappa shape index (κ1) is 15.3. The monoisotopic (exact) mass is 253 g/mol. The lowest BCUT2D eigenvalue weighted by molar-refractivity contribution is -0.137. The summed E-state index contributed by atoms with van der Waals surface area (Å²) in [5.74, 6) is -1.12. The van der Waals surface area contributed by atoms with Crippen LogP contribution in [0.25, 0.3) is 0 Å². The van der Waals surface area contributed by atoms with E-state index in [9.17, 15) is 13.2 Å². The Bertz CT molecular complexity index is 288. The van der Waals surface area contributed by atoms with Gasteiger partial charge in [-0.3, -0.25) is 4.79 Å². The van der Waals surface area contributed by atoms with E-state index in [1.54, 1.807) is 0 Å². The molecule has 0 radical (unpaired) electrons. The van der Waals surface area contributed by atoms with E-state index in [-0.39, 0.29) is 18.6 Å². The number of carbonyl (C=O) groups is 1. The normalized spacial score (nSPS) is 11.6. The summed E-state index contributed by atoms with van der Waals surface area (Å²) in [5.41, 5.74) is 0. The van der Waals surface area contributed by atoms with Crippen molar-refractivity contribution in [3.63, 3.8) is 0 Å². The second kappa shape index (κ2) is 8.49. The summed E-state index contributed by atoms with van der Waals surface area (Å²) in [4.78, 5) is 10.2. The third-order valence-corrected chi connectivity index (χ3v) is 3.27. The molecule has 2 N–H and O–H groups in total. The number of sulfonamides is 1. The van der Waals surface area contributed by atoms with Crippen molar-refractivity contribution >= 4 is 16.0 Å². The highest BCUT2D eigenvalue weighted by Crippen LogP contribution is 1.95. The van der Waals surface area contributed by atoms with Crippen LogP contribution in [-0.4, -0.2) is 45.0 Å². The van der Waals surface area contributed by atoms with Crippen molar-refractivity contribution < 1.29 is 23.1 Å². The van der Waals surface area contributed by atoms with Crippen molar-refractivity contribution in [3.8, 4) is 0 Å². The average Bonchev–Trinajstić information content (AvgIpc) is 2.16. The Labute approximate surface area is 96.0 Å². The van der Waals surface area contributed by atoms with E-state index in [0.29, 0.717) is 26.2 Å². The van der Waals surface area contributed by atoms with Crippen molar-refractivity contribution in [1.82, 2.24) is 4.72 Å². The molecule has 0 rings (SSSR count). The number of hydrogen-bond donors (Lipinski definition) is 2. The first-order chi connectivity index (χ1) is 7.48. The topological polar surface area (TPSA) is 92.7 Å². The van der Waals surface area contributed by atoms with E-state index in [1.807, 2.05) is 6.92 Å². The molecule has 0 spiro atoms. The molecule has 0 bridgehead atoms. The molecular formula is C9H19NO5S. The summed E-state index contributed by atoms with van der Waals surface area (Å²) in [5, 5.41) is 8.35. The van der Waals surface area contributed by atoms with Crippen LogP contribution < -0.4 is 4.72 Å². The van der Waals surface area contributed by atoms with E-state index in [0.717, 1.165) is 0 Å². The Kier molecular flexibility index (Phi) is 8.14. The van der Waals surface area contributed by atoms with Crippen molar-refractivity contribution in [2.24, 2.45) is 0 Å². The molecule has 0 heterocycles. The van der Waals surface area contributed by atoms with Gasteiger partial charge in [0.05, 0.1) is 5.75 Å². The highest BCUT2D eigenvalue weighted by molar-refractivity contribution is 7.89. The fourth-order valence-electron chi connectivity index (χ4n) is 1.03. The Morgan fingerprint density at radius 1 is 1.38 bits per heavy atom. The van der Waals surface area contributed by atoms with Crippen LogP contribution >= 0.6 is 0 Å². The molecule has 0 unspecified atom stereocenters. The van der Waals surface area contributed by atoms with E-state index in [2.05, 4.69) is 4.72 Å². The fraction of sp³-hybridized carbons (Fsp3) is 0.889. The standard InChI is InChI=1S/C9H19NO5S/c1-2-15-7-4-6-10-16(13,14)8-3-5-9(11)12/h10H,2-8H2,1H3,(H,11,12). The molecule has 0 aromatic rings. The van der Waals surface area contributed by atoms with Gasteiger partial charge >= 0.3 is 5.97 Å². The Balaban J connectivity index is 3.58. The van der Waals surface area contributed by atoms with Crippen molar-refractivity contribution in [2.75, 3.05) is 25.5 Å². The minimum Gasteiger partial charge on any atom is -0.481 e. The largest absolute Gasteiger partial charge is 0.481 e. The number of hydrogen-bond acceptors (Lipinski definition) is 4. The van der Waals surface area contributed by atoms with Gasteiger partial charge in [-0.25, -0.2) is 13.1 Å². The minimum atomic E-state index is -3.33. The van der Waals surface area contributed by atoms with Crippen LogP contribution in [0.3, 0.4) is 0 Å². The first-order valence-corrected chi connectivity index (χ1v) is 6.90. The second-order valence-corrected chi connectivity index (χ2v) is 5.19. The second-order valence-electron chi connectivity index (χ2n) is 3.26. The van der Waals surface area contributed by atoms with Crippen molar-refractivity contribution in [3.05, 3.63) is 0 Å². The molecule has 0 saturated carbocycles. The number of ether oxygens (including phenoxy) is 1. The number of rotatable bonds is 10. The molecule has 96 valence electrons. The van der Waals surface area contributed by atoms with Gasteiger partial charge in [-0.2, -0.15) is 0 Å². The highest BCUT2D eigenvalue weighted by atomic mass is 32.2. The van der Waals surface area contributed by atoms with Gasteiger partial charge in [0.15, 0.2) is 0 Å². The van der Waals surface area contributed by atoms with Gasteiger partial charge in [0.2, 0.25) is 10.0 Å². The molecule has 0 aliphatic rings. The summed E-state index contributed by atoms with van der Waals surface area (Å²) in [6, 6.07) is 0. The fourth-order valence-corrected chi connectivity index (χ4v) is 2.16. The van der Waals surface area contributed by atoms with Crippen LogP contribution in [0, 0.1) is 0 Å². The van der Waals surface area contributed by atoms with Gasteiger partial charge < -0.3 is 9.84 Å². The Hall–Kier alpha value is -0.660. The van der Waals surface area contributed by atoms with Gasteiger partial charge in [0.1, 0.15) is 0 Å². The molecule has 7 heteroatoms. The first-order valence-electron chi connectivity index (χ1n) is 5.25. The number of carboxylic acids is 1. The zero-order valence-corrected chi connectivity index (χ0v) is 10.3. The number of nitrogens with one attached hydrogen (secondary N) is 1. The molecule has 0 atom stereocenters. The number of aliphatic carboxylic acids is 1. The Morgan fingerprint density at radius 2 is 2.06 bits per heavy atom. The molecule has 0 aliphatic carbocycles. The predicted molar refractivity (Wildman–Crippen MR) is 59.8 cm³/mol. The Morgan fingerprint density at radius 3 is 2.62 bits per heavy atom. The molecule has 16 heavy (non-hydrogen) atoms. The number of carboxylic acid groups (broad SMARTS) is 1. The molecule has 0 aliphatic heterocycles. The zero-order chi connectivity index (χ0) is 12.4. The third kappa shape index (κ3) is 9.88. The molecule has 0 aromatic heterocycles. The van der Waals surface area contributed by atoms with Gasteiger partial charge in [-0.05, 0) is 19.8 Å². The van der Waals surface area contributed by atoms with E-state index in [4.69, 9.17) is 9.84 Å². The van der Waals surface area contributed by atoms with Crippen molar-refractivity contribution in [2.45, 2.75) is 26.2 Å².